The molecular weight excluding hydrogens is 148 g/mol. The molecule has 69 valence electrons. The molecule has 2 nitrogen and oxygen atoms in total. The van der Waals surface area contributed by atoms with E-state index in [1.54, 1.807) is 0 Å². The van der Waals surface area contributed by atoms with Crippen LogP contribution in [0.3, 0.4) is 0 Å². The SMILES string of the molecule is CC1CCCN(C2CCC[N]2)C1. The fourth-order valence-corrected chi connectivity index (χ4v) is 2.40. The van der Waals surface area contributed by atoms with E-state index < -0.39 is 0 Å². The van der Waals surface area contributed by atoms with Crippen LogP contribution in [-0.2, 0) is 0 Å². The van der Waals surface area contributed by atoms with Crippen LogP contribution in [0.5, 0.6) is 0 Å². The van der Waals surface area contributed by atoms with Crippen LogP contribution in [0.1, 0.15) is 32.6 Å². The fraction of sp³-hybridized carbons (Fsp3) is 1.00. The lowest BCUT2D eigenvalue weighted by atomic mass is 10.00. The first-order valence-electron chi connectivity index (χ1n) is 5.27. The highest BCUT2D eigenvalue weighted by molar-refractivity contribution is 4.79. The van der Waals surface area contributed by atoms with E-state index in [-0.39, 0.29) is 0 Å². The molecule has 2 heteroatoms. The van der Waals surface area contributed by atoms with Gasteiger partial charge in [0.25, 0.3) is 0 Å². The van der Waals surface area contributed by atoms with Gasteiger partial charge in [0.2, 0.25) is 0 Å². The van der Waals surface area contributed by atoms with Crippen molar-refractivity contribution in [3.8, 4) is 0 Å². The third-order valence-electron chi connectivity index (χ3n) is 3.07. The van der Waals surface area contributed by atoms with E-state index in [0.29, 0.717) is 6.17 Å². The molecule has 2 rings (SSSR count). The van der Waals surface area contributed by atoms with Crippen LogP contribution in [0, 0.1) is 5.92 Å². The van der Waals surface area contributed by atoms with Crippen LogP contribution in [0.15, 0.2) is 0 Å². The van der Waals surface area contributed by atoms with E-state index in [2.05, 4.69) is 17.1 Å². The van der Waals surface area contributed by atoms with E-state index in [9.17, 15) is 0 Å². The van der Waals surface area contributed by atoms with Gasteiger partial charge in [-0.1, -0.05) is 6.92 Å². The summed E-state index contributed by atoms with van der Waals surface area (Å²) in [6, 6.07) is 0. The molecule has 0 saturated carbocycles. The number of rotatable bonds is 1. The minimum Gasteiger partial charge on any atom is -0.287 e. The third kappa shape index (κ3) is 1.80. The van der Waals surface area contributed by atoms with Gasteiger partial charge in [-0.25, -0.2) is 5.32 Å². The summed E-state index contributed by atoms with van der Waals surface area (Å²) in [4.78, 5) is 2.58. The molecule has 2 unspecified atom stereocenters. The van der Waals surface area contributed by atoms with Gasteiger partial charge in [-0.2, -0.15) is 0 Å². The number of nitrogens with zero attached hydrogens (tertiary/aromatic N) is 2. The molecule has 12 heavy (non-hydrogen) atoms. The highest BCUT2D eigenvalue weighted by atomic mass is 15.3. The van der Waals surface area contributed by atoms with Gasteiger partial charge >= 0.3 is 0 Å². The van der Waals surface area contributed by atoms with Gasteiger partial charge in [0.05, 0.1) is 6.17 Å². The molecule has 1 radical (unpaired) electrons. The average molecular weight is 167 g/mol. The highest BCUT2D eigenvalue weighted by Gasteiger charge is 2.26. The molecular formula is C10H19N2. The number of hydrogen-bond donors (Lipinski definition) is 0. The summed E-state index contributed by atoms with van der Waals surface area (Å²) in [5.74, 6) is 0.898. The molecule has 0 bridgehead atoms. The summed E-state index contributed by atoms with van der Waals surface area (Å²) in [6.45, 7) is 6.04. The molecule has 2 saturated heterocycles. The van der Waals surface area contributed by atoms with Crippen LogP contribution in [0.4, 0.5) is 0 Å². The van der Waals surface area contributed by atoms with Gasteiger partial charge < -0.3 is 0 Å². The predicted molar refractivity (Wildman–Crippen MR) is 50.0 cm³/mol. The Morgan fingerprint density at radius 1 is 1.25 bits per heavy atom. The Hall–Kier alpha value is -0.0800. The van der Waals surface area contributed by atoms with Crippen molar-refractivity contribution in [2.45, 2.75) is 38.8 Å². The molecule has 0 aromatic rings. The maximum Gasteiger partial charge on any atom is 0.0761 e. The first kappa shape index (κ1) is 8.52. The zero-order valence-corrected chi connectivity index (χ0v) is 8.00. The van der Waals surface area contributed by atoms with E-state index in [1.165, 1.54) is 38.8 Å². The molecule has 0 N–H and O–H groups in total. The summed E-state index contributed by atoms with van der Waals surface area (Å²) >= 11 is 0. The normalized spacial score (nSPS) is 38.8. The lowest BCUT2D eigenvalue weighted by Crippen LogP contribution is -2.44. The second-order valence-corrected chi connectivity index (χ2v) is 4.27. The molecule has 2 fully saturated rings. The Labute approximate surface area is 75.3 Å². The highest BCUT2D eigenvalue weighted by Crippen LogP contribution is 2.21. The van der Waals surface area contributed by atoms with Crippen molar-refractivity contribution in [2.24, 2.45) is 5.92 Å². The molecule has 2 atom stereocenters. The first-order valence-corrected chi connectivity index (χ1v) is 5.27. The van der Waals surface area contributed by atoms with Crippen LogP contribution in [-0.4, -0.2) is 30.7 Å². The van der Waals surface area contributed by atoms with Crippen molar-refractivity contribution in [2.75, 3.05) is 19.6 Å². The van der Waals surface area contributed by atoms with Crippen LogP contribution in [0.2, 0.25) is 0 Å². The molecule has 2 aliphatic heterocycles. The number of likely N-dealkylation sites (tertiary alicyclic amines) is 1. The summed E-state index contributed by atoms with van der Waals surface area (Å²) in [5.41, 5.74) is 0. The van der Waals surface area contributed by atoms with Crippen LogP contribution in [0.25, 0.3) is 0 Å². The van der Waals surface area contributed by atoms with Gasteiger partial charge in [0, 0.05) is 13.1 Å². The number of hydrogen-bond acceptors (Lipinski definition) is 1. The van der Waals surface area contributed by atoms with Crippen molar-refractivity contribution in [1.82, 2.24) is 10.2 Å². The first-order chi connectivity index (χ1) is 5.86. The topological polar surface area (TPSA) is 17.3 Å². The number of piperidine rings is 1. The summed E-state index contributed by atoms with van der Waals surface area (Å²) < 4.78 is 0. The smallest absolute Gasteiger partial charge is 0.0761 e. The molecule has 0 spiro atoms. The standard InChI is InChI=1S/C10H19N2/c1-9-4-3-7-12(8-9)10-5-2-6-11-10/h9-10H,2-8H2,1H3. The zero-order valence-electron chi connectivity index (χ0n) is 8.00. The van der Waals surface area contributed by atoms with Crippen molar-refractivity contribution in [3.05, 3.63) is 0 Å². The van der Waals surface area contributed by atoms with Crippen LogP contribution < -0.4 is 5.32 Å². The Balaban J connectivity index is 1.85. The van der Waals surface area contributed by atoms with Gasteiger partial charge in [0.15, 0.2) is 0 Å². The van der Waals surface area contributed by atoms with E-state index in [4.69, 9.17) is 0 Å². The summed E-state index contributed by atoms with van der Waals surface area (Å²) in [6.07, 6.45) is 6.02. The molecule has 2 heterocycles. The maximum atomic E-state index is 4.62. The molecule has 0 aromatic carbocycles. The molecule has 0 aromatic heterocycles. The lowest BCUT2D eigenvalue weighted by Gasteiger charge is -2.34. The van der Waals surface area contributed by atoms with Gasteiger partial charge in [-0.15, -0.1) is 0 Å². The second-order valence-electron chi connectivity index (χ2n) is 4.27. The van der Waals surface area contributed by atoms with Crippen molar-refractivity contribution in [1.29, 1.82) is 0 Å². The van der Waals surface area contributed by atoms with Crippen molar-refractivity contribution >= 4 is 0 Å². The largest absolute Gasteiger partial charge is 0.287 e. The quantitative estimate of drug-likeness (QED) is 0.577. The Morgan fingerprint density at radius 3 is 2.83 bits per heavy atom. The van der Waals surface area contributed by atoms with Gasteiger partial charge in [-0.3, -0.25) is 4.90 Å². The summed E-state index contributed by atoms with van der Waals surface area (Å²) in [7, 11) is 0. The maximum absolute atomic E-state index is 4.62. The van der Waals surface area contributed by atoms with E-state index in [1.807, 2.05) is 0 Å². The van der Waals surface area contributed by atoms with E-state index in [0.717, 1.165) is 12.5 Å². The Bertz CT molecular complexity index is 141. The lowest BCUT2D eigenvalue weighted by molar-refractivity contribution is 0.118. The van der Waals surface area contributed by atoms with Crippen molar-refractivity contribution in [3.63, 3.8) is 0 Å². The minimum absolute atomic E-state index is 0.591. The Morgan fingerprint density at radius 2 is 2.17 bits per heavy atom. The zero-order chi connectivity index (χ0) is 8.39. The monoisotopic (exact) mass is 167 g/mol. The van der Waals surface area contributed by atoms with Crippen LogP contribution >= 0.6 is 0 Å². The Kier molecular flexibility index (Phi) is 2.66. The van der Waals surface area contributed by atoms with Gasteiger partial charge in [0.1, 0.15) is 0 Å². The molecule has 0 aliphatic carbocycles. The fourth-order valence-electron chi connectivity index (χ4n) is 2.40. The third-order valence-corrected chi connectivity index (χ3v) is 3.07. The second kappa shape index (κ2) is 3.75. The minimum atomic E-state index is 0.591. The van der Waals surface area contributed by atoms with Gasteiger partial charge in [-0.05, 0) is 38.1 Å². The summed E-state index contributed by atoms with van der Waals surface area (Å²) in [5, 5.41) is 4.62. The predicted octanol–water partition coefficient (Wildman–Crippen LogP) is 1.44. The molecule has 2 aliphatic rings. The van der Waals surface area contributed by atoms with E-state index >= 15 is 0 Å². The molecule has 0 amide bonds. The van der Waals surface area contributed by atoms with Crippen molar-refractivity contribution < 1.29 is 0 Å². The average Bonchev–Trinajstić information content (AvgIpc) is 2.56.